The molecule has 1 aromatic carbocycles. The van der Waals surface area contributed by atoms with Crippen molar-refractivity contribution in [1.29, 1.82) is 0 Å². The first-order valence-corrected chi connectivity index (χ1v) is 12.3. The lowest BCUT2D eigenvalue weighted by molar-refractivity contribution is -0.194. The maximum atomic E-state index is 12.5. The highest BCUT2D eigenvalue weighted by molar-refractivity contribution is 5.67. The van der Waals surface area contributed by atoms with Crippen LogP contribution < -0.4 is 4.74 Å². The van der Waals surface area contributed by atoms with Crippen LogP contribution in [-0.4, -0.2) is 60.7 Å². The molecule has 3 aliphatic carbocycles. The van der Waals surface area contributed by atoms with Crippen molar-refractivity contribution in [2.45, 2.75) is 67.7 Å². The summed E-state index contributed by atoms with van der Waals surface area (Å²) in [6.07, 6.45) is 9.17. The number of aromatic hydroxyl groups is 3. The fourth-order valence-corrected chi connectivity index (χ4v) is 8.05. The van der Waals surface area contributed by atoms with E-state index in [0.717, 1.165) is 29.7 Å². The molecule has 5 aliphatic rings. The second-order valence-electron chi connectivity index (χ2n) is 10.6. The molecule has 7 heteroatoms. The van der Waals surface area contributed by atoms with Gasteiger partial charge in [-0.2, -0.15) is 0 Å². The molecule has 2 aromatic rings. The van der Waals surface area contributed by atoms with Gasteiger partial charge in [0.2, 0.25) is 5.88 Å². The van der Waals surface area contributed by atoms with Crippen LogP contribution in [0.4, 0.5) is 0 Å². The number of hydrogen-bond acceptors (Lipinski definition) is 6. The average Bonchev–Trinajstić information content (AvgIpc) is 3.31. The van der Waals surface area contributed by atoms with Gasteiger partial charge in [0.25, 0.3) is 0 Å². The molecular formula is C27H30N2O5. The topological polar surface area (TPSA) is 98.3 Å². The molecule has 1 saturated heterocycles. The van der Waals surface area contributed by atoms with E-state index in [2.05, 4.69) is 11.5 Å². The maximum Gasteiger partial charge on any atom is 0.202 e. The number of fused-ring (bicyclic) bond motifs is 1. The van der Waals surface area contributed by atoms with Crippen LogP contribution in [0.15, 0.2) is 30.9 Å². The highest BCUT2D eigenvalue weighted by Gasteiger charge is 2.73. The number of ether oxygens (including phenoxy) is 1. The number of aromatic nitrogens is 1. The van der Waals surface area contributed by atoms with E-state index in [4.69, 9.17) is 4.74 Å². The largest absolute Gasteiger partial charge is 0.504 e. The number of benzene rings is 1. The summed E-state index contributed by atoms with van der Waals surface area (Å²) in [5.41, 5.74) is 1.69. The van der Waals surface area contributed by atoms with E-state index in [1.165, 1.54) is 0 Å². The van der Waals surface area contributed by atoms with Crippen LogP contribution in [0.25, 0.3) is 6.08 Å². The van der Waals surface area contributed by atoms with E-state index in [1.54, 1.807) is 10.6 Å². The second-order valence-corrected chi connectivity index (χ2v) is 10.6. The van der Waals surface area contributed by atoms with Crippen LogP contribution in [0.1, 0.15) is 54.0 Å². The molecule has 34 heavy (non-hydrogen) atoms. The van der Waals surface area contributed by atoms with Gasteiger partial charge in [-0.05, 0) is 56.7 Å². The van der Waals surface area contributed by atoms with Crippen molar-refractivity contribution in [3.8, 4) is 23.3 Å². The van der Waals surface area contributed by atoms with Crippen LogP contribution in [0.2, 0.25) is 0 Å². The van der Waals surface area contributed by atoms with Gasteiger partial charge in [-0.1, -0.05) is 24.3 Å². The van der Waals surface area contributed by atoms with Gasteiger partial charge in [0.1, 0.15) is 6.10 Å². The molecule has 0 amide bonds. The Kier molecular flexibility index (Phi) is 3.98. The predicted octanol–water partition coefficient (Wildman–Crippen LogP) is 3.15. The number of piperidine rings is 1. The normalized spacial score (nSPS) is 34.9. The molecule has 4 N–H and O–H groups in total. The number of hydrogen-bond donors (Lipinski definition) is 4. The molecule has 3 heterocycles. The van der Waals surface area contributed by atoms with E-state index < -0.39 is 17.1 Å². The zero-order valence-electron chi connectivity index (χ0n) is 19.1. The van der Waals surface area contributed by atoms with Crippen LogP contribution >= 0.6 is 0 Å². The first-order valence-electron chi connectivity index (χ1n) is 12.3. The first kappa shape index (κ1) is 20.5. The highest BCUT2D eigenvalue weighted by atomic mass is 16.5. The van der Waals surface area contributed by atoms with Crippen molar-refractivity contribution >= 4 is 6.08 Å². The van der Waals surface area contributed by atoms with Crippen molar-refractivity contribution in [3.63, 3.8) is 0 Å². The predicted molar refractivity (Wildman–Crippen MR) is 126 cm³/mol. The monoisotopic (exact) mass is 462 g/mol. The molecule has 1 saturated carbocycles. The van der Waals surface area contributed by atoms with Crippen LogP contribution in [0, 0.1) is 0 Å². The molecule has 178 valence electrons. The number of rotatable bonds is 3. The Hall–Kier alpha value is -2.90. The van der Waals surface area contributed by atoms with Crippen LogP contribution in [-0.2, 0) is 18.3 Å². The Bertz CT molecular complexity index is 1260. The lowest BCUT2D eigenvalue weighted by Gasteiger charge is -2.64. The minimum absolute atomic E-state index is 0.0516. The van der Waals surface area contributed by atoms with E-state index in [1.807, 2.05) is 24.3 Å². The molecule has 5 atom stereocenters. The standard InChI is InChI=1S/C27H30N2O5/c1-2-12-28-13-11-26-21-15-7-8-19(30)22(21)34-23(26)18(9-10-27(26,33)20(28)14-15)29-24(31)16-5-3-4-6-17(16)25(29)32/h2-3,5,7-8,18,20,23,30-33H,1,4,6,9-14H2/t18-,20+,23-,26-,27+/m0/s1. The van der Waals surface area contributed by atoms with Crippen molar-refractivity contribution in [3.05, 3.63) is 53.1 Å². The zero-order chi connectivity index (χ0) is 23.4. The second kappa shape index (κ2) is 6.61. The van der Waals surface area contributed by atoms with Crippen LogP contribution in [0.5, 0.6) is 23.3 Å². The van der Waals surface area contributed by atoms with Crippen molar-refractivity contribution in [2.75, 3.05) is 13.1 Å². The minimum Gasteiger partial charge on any atom is -0.504 e. The Balaban J connectivity index is 1.44. The lowest BCUT2D eigenvalue weighted by Crippen LogP contribution is -2.76. The summed E-state index contributed by atoms with van der Waals surface area (Å²) < 4.78 is 8.20. The Labute approximate surface area is 198 Å². The van der Waals surface area contributed by atoms with E-state index >= 15 is 0 Å². The quantitative estimate of drug-likeness (QED) is 0.523. The fraction of sp³-hybridized carbons (Fsp3) is 0.481. The molecule has 2 aliphatic heterocycles. The van der Waals surface area contributed by atoms with Crippen LogP contribution in [0.3, 0.4) is 0 Å². The molecular weight excluding hydrogens is 432 g/mol. The Morgan fingerprint density at radius 2 is 2.03 bits per heavy atom. The van der Waals surface area contributed by atoms with Gasteiger partial charge in [0.05, 0.1) is 17.1 Å². The average molecular weight is 463 g/mol. The third-order valence-electron chi connectivity index (χ3n) is 9.37. The van der Waals surface area contributed by atoms with Crippen molar-refractivity contribution in [2.24, 2.45) is 0 Å². The van der Waals surface area contributed by atoms with Gasteiger partial charge < -0.3 is 25.2 Å². The molecule has 1 spiro atoms. The number of aliphatic hydroxyl groups is 1. The lowest BCUT2D eigenvalue weighted by atomic mass is 9.48. The summed E-state index contributed by atoms with van der Waals surface area (Å²) in [5.74, 6) is 0.679. The molecule has 0 radical (unpaired) electrons. The highest BCUT2D eigenvalue weighted by Crippen LogP contribution is 2.67. The van der Waals surface area contributed by atoms with Gasteiger partial charge in [-0.3, -0.25) is 9.47 Å². The van der Waals surface area contributed by atoms with E-state index in [-0.39, 0.29) is 29.6 Å². The van der Waals surface area contributed by atoms with E-state index in [0.29, 0.717) is 50.0 Å². The van der Waals surface area contributed by atoms with Crippen molar-refractivity contribution < 1.29 is 25.2 Å². The Morgan fingerprint density at radius 1 is 1.18 bits per heavy atom. The number of phenols is 1. The summed E-state index contributed by atoms with van der Waals surface area (Å²) in [5, 5.41) is 45.7. The van der Waals surface area contributed by atoms with Gasteiger partial charge in [-0.25, -0.2) is 0 Å². The molecule has 7 nitrogen and oxygen atoms in total. The number of allylic oxidation sites excluding steroid dienone is 1. The van der Waals surface area contributed by atoms with Crippen molar-refractivity contribution in [1.82, 2.24) is 9.47 Å². The third kappa shape index (κ3) is 2.16. The molecule has 2 fully saturated rings. The molecule has 1 aromatic heterocycles. The number of nitrogens with zero attached hydrogens (tertiary/aromatic N) is 2. The molecule has 2 bridgehead atoms. The summed E-state index contributed by atoms with van der Waals surface area (Å²) in [6, 6.07) is 3.19. The minimum atomic E-state index is -1.04. The third-order valence-corrected chi connectivity index (χ3v) is 9.37. The van der Waals surface area contributed by atoms with Gasteiger partial charge in [0, 0.05) is 29.3 Å². The van der Waals surface area contributed by atoms with Gasteiger partial charge in [-0.15, -0.1) is 6.58 Å². The first-order chi connectivity index (χ1) is 16.4. The summed E-state index contributed by atoms with van der Waals surface area (Å²) >= 11 is 0. The molecule has 7 rings (SSSR count). The summed E-state index contributed by atoms with van der Waals surface area (Å²) in [4.78, 5) is 2.32. The summed E-state index contributed by atoms with van der Waals surface area (Å²) in [7, 11) is 0. The summed E-state index contributed by atoms with van der Waals surface area (Å²) in [6.45, 7) is 5.41. The maximum absolute atomic E-state index is 12.5. The number of likely N-dealkylation sites (tertiary alicyclic amines) is 1. The van der Waals surface area contributed by atoms with Gasteiger partial charge in [0.15, 0.2) is 17.4 Å². The van der Waals surface area contributed by atoms with E-state index in [9.17, 15) is 20.4 Å². The smallest absolute Gasteiger partial charge is 0.202 e. The SMILES string of the molecule is C=CCN1CC[C@]23c4c5ccc(O)c4O[C@H]2[C@@H](n2c(O)c4c(c2O)CCC=C4)CC[C@@]3(O)[C@H]1C5. The fourth-order valence-electron chi connectivity index (χ4n) is 8.05. The molecule has 0 unspecified atom stereocenters. The van der Waals surface area contributed by atoms with Gasteiger partial charge >= 0.3 is 0 Å². The Morgan fingerprint density at radius 3 is 2.82 bits per heavy atom. The number of phenolic OH excluding ortho intramolecular Hbond substituents is 1. The zero-order valence-corrected chi connectivity index (χ0v) is 19.1.